The topological polar surface area (TPSA) is 43.6 Å². The van der Waals surface area contributed by atoms with Crippen molar-refractivity contribution in [2.75, 3.05) is 0 Å². The van der Waals surface area contributed by atoms with Gasteiger partial charge in [0.2, 0.25) is 0 Å². The molecular weight excluding hydrogens is 248 g/mol. The maximum atomic E-state index is 4.25. The van der Waals surface area contributed by atoms with Crippen molar-refractivity contribution >= 4 is 11.2 Å². The molecule has 0 aliphatic heterocycles. The Balaban J connectivity index is -0.0000000267. The normalized spacial score (nSPS) is 5.90. The molecule has 20 heavy (non-hydrogen) atoms. The molecule has 128 valence electrons. The zero-order valence-electron chi connectivity index (χ0n) is 6.44. The highest BCUT2D eigenvalue weighted by Crippen LogP contribution is 2.08. The van der Waals surface area contributed by atoms with E-state index in [9.17, 15) is 0 Å². The molecule has 0 aromatic carbocycles. The van der Waals surface area contributed by atoms with Crippen molar-refractivity contribution in [3.8, 4) is 0 Å². The highest BCUT2D eigenvalue weighted by atomic mass is 15.1. The number of hydrogen-bond acceptors (Lipinski definition) is 3. The molecule has 0 aliphatic carbocycles. The Kier molecular flexibility index (Phi) is 51.0. The van der Waals surface area contributed by atoms with Crippen LogP contribution in [-0.2, 0) is 7.05 Å². The van der Waals surface area contributed by atoms with E-state index in [4.69, 9.17) is 0 Å². The van der Waals surface area contributed by atoms with Crippen LogP contribution in [0.15, 0.2) is 12.5 Å². The Labute approximate surface area is 130 Å². The number of nitrogens with zero attached hydrogens (tertiary/aromatic N) is 4. The first kappa shape index (κ1) is 51.3. The van der Waals surface area contributed by atoms with Crippen molar-refractivity contribution in [1.82, 2.24) is 19.5 Å². The summed E-state index contributed by atoms with van der Waals surface area (Å²) < 4.78 is 1.94. The molecule has 0 N–H and O–H groups in total. The van der Waals surface area contributed by atoms with E-state index in [1.165, 1.54) is 6.33 Å². The molecule has 4 nitrogen and oxygen atoms in total. The quantitative estimate of drug-likeness (QED) is 0.564. The zero-order valence-corrected chi connectivity index (χ0v) is 6.44. The van der Waals surface area contributed by atoms with Crippen LogP contribution in [0, 0.1) is 6.92 Å². The maximum absolute atomic E-state index is 4.25. The van der Waals surface area contributed by atoms with E-state index in [1.54, 1.807) is 6.20 Å². The number of fused-ring (bicyclic) bond motifs is 1. The summed E-state index contributed by atoms with van der Waals surface area (Å²) in [6.07, 6.45) is 3.25. The monoisotopic (exact) mass is 292 g/mol. The lowest BCUT2D eigenvalue weighted by molar-refractivity contribution is 0.873. The van der Waals surface area contributed by atoms with Gasteiger partial charge in [0, 0.05) is 7.05 Å². The third-order valence-corrected chi connectivity index (χ3v) is 1.76. The molecular formula is C16H44N4. The summed E-state index contributed by atoms with van der Waals surface area (Å²) in [6.45, 7) is 1.95. The van der Waals surface area contributed by atoms with Crippen LogP contribution in [0.25, 0.3) is 11.2 Å². The van der Waals surface area contributed by atoms with E-state index >= 15 is 0 Å². The molecule has 0 spiro atoms. The molecule has 0 unspecified atom stereocenters. The second-order valence-electron chi connectivity index (χ2n) is 2.45. The molecule has 0 aliphatic rings. The predicted octanol–water partition coefficient (Wildman–Crippen LogP) is 6.40. The molecule has 0 radical (unpaired) electrons. The van der Waals surface area contributed by atoms with Gasteiger partial charge < -0.3 is 4.57 Å². The molecule has 2 aromatic rings. The van der Waals surface area contributed by atoms with Gasteiger partial charge in [-0.3, -0.25) is 0 Å². The van der Waals surface area contributed by atoms with Gasteiger partial charge in [-0.1, -0.05) is 66.8 Å². The fraction of sp³-hybridized carbons (Fsp3) is 0.688. The average Bonchev–Trinajstić information content (AvgIpc) is 2.30. The lowest BCUT2D eigenvalue weighted by Gasteiger charge is -1.92. The first-order chi connectivity index (χ1) is 5.29. The molecule has 0 saturated heterocycles. The summed E-state index contributed by atoms with van der Waals surface area (Å²) in [5.41, 5.74) is 1.74. The van der Waals surface area contributed by atoms with Crippen LogP contribution in [0.2, 0.25) is 0 Å². The van der Waals surface area contributed by atoms with Crippen molar-refractivity contribution in [3.63, 3.8) is 0 Å². The van der Waals surface area contributed by atoms with E-state index in [0.717, 1.165) is 17.0 Å². The minimum atomic E-state index is 0. The van der Waals surface area contributed by atoms with Crippen LogP contribution in [0.1, 0.15) is 72.7 Å². The third-order valence-electron chi connectivity index (χ3n) is 1.76. The van der Waals surface area contributed by atoms with Gasteiger partial charge in [-0.2, -0.15) is 0 Å². The zero-order chi connectivity index (χ0) is 7.84. The molecule has 0 amide bonds. The van der Waals surface area contributed by atoms with Crippen molar-refractivity contribution in [2.45, 2.75) is 73.8 Å². The van der Waals surface area contributed by atoms with Crippen LogP contribution in [0.4, 0.5) is 0 Å². The molecule has 0 saturated carbocycles. The Morgan fingerprint density at radius 2 is 1.30 bits per heavy atom. The minimum absolute atomic E-state index is 0. The molecule has 2 rings (SSSR count). The Morgan fingerprint density at radius 1 is 0.850 bits per heavy atom. The third kappa shape index (κ3) is 8.62. The van der Waals surface area contributed by atoms with Crippen LogP contribution in [0.3, 0.4) is 0 Å². The predicted molar refractivity (Wildman–Crippen MR) is 102 cm³/mol. The molecule has 0 bridgehead atoms. The number of rotatable bonds is 0. The summed E-state index contributed by atoms with van der Waals surface area (Å²) in [5, 5.41) is 0. The molecule has 0 fully saturated rings. The first-order valence-electron chi connectivity index (χ1n) is 3.38. The Hall–Kier alpha value is -1.45. The summed E-state index contributed by atoms with van der Waals surface area (Å²) >= 11 is 0. The summed E-state index contributed by atoms with van der Waals surface area (Å²) in [7, 11) is 1.94. The highest BCUT2D eigenvalue weighted by molar-refractivity contribution is 5.69. The fourth-order valence-electron chi connectivity index (χ4n) is 1.06. The molecule has 2 aromatic heterocycles. The van der Waals surface area contributed by atoms with Crippen molar-refractivity contribution < 1.29 is 0 Å². The van der Waals surface area contributed by atoms with Gasteiger partial charge in [0.1, 0.15) is 17.7 Å². The number of aromatic nitrogens is 4. The van der Waals surface area contributed by atoms with E-state index in [0.29, 0.717) is 0 Å². The van der Waals surface area contributed by atoms with Gasteiger partial charge in [0.25, 0.3) is 0 Å². The second kappa shape index (κ2) is 19.9. The smallest absolute Gasteiger partial charge is 0.163 e. The van der Waals surface area contributed by atoms with Gasteiger partial charge in [-0.05, 0) is 6.92 Å². The summed E-state index contributed by atoms with van der Waals surface area (Å²) in [6, 6.07) is 0. The molecule has 2 heterocycles. The van der Waals surface area contributed by atoms with Crippen molar-refractivity contribution in [1.29, 1.82) is 0 Å². The Morgan fingerprint density at radius 3 is 1.70 bits per heavy atom. The fourth-order valence-corrected chi connectivity index (χ4v) is 1.06. The molecule has 0 atom stereocenters. The number of imidazole rings is 1. The van der Waals surface area contributed by atoms with Gasteiger partial charge in [0.15, 0.2) is 5.65 Å². The summed E-state index contributed by atoms with van der Waals surface area (Å²) in [5.74, 6) is 0.959. The maximum Gasteiger partial charge on any atom is 0.163 e. The van der Waals surface area contributed by atoms with Crippen LogP contribution in [-0.4, -0.2) is 19.5 Å². The first-order valence-corrected chi connectivity index (χ1v) is 3.38. The average molecular weight is 293 g/mol. The Bertz CT molecular complexity index is 394. The highest BCUT2D eigenvalue weighted by Gasteiger charge is 2.02. The van der Waals surface area contributed by atoms with E-state index < -0.39 is 0 Å². The number of aryl methyl sites for hydroxylation is 2. The standard InChI is InChI=1S/C7H8N4.9CH4/c1-5-10-6-3-8-4-9-7(6)11(5)2;;;;;;;;;/h3-4H,1-2H3;9*1H4. The van der Waals surface area contributed by atoms with E-state index in [-0.39, 0.29) is 66.8 Å². The number of hydrogen-bond donors (Lipinski definition) is 0. The lowest BCUT2D eigenvalue weighted by atomic mass is 10.6. The van der Waals surface area contributed by atoms with Crippen LogP contribution >= 0.6 is 0 Å². The second-order valence-corrected chi connectivity index (χ2v) is 2.45. The SMILES string of the molecule is C.C.C.C.C.C.C.C.C.Cc1nc2cncnc2n1C. The van der Waals surface area contributed by atoms with Gasteiger partial charge in [-0.15, -0.1) is 0 Å². The summed E-state index contributed by atoms with van der Waals surface area (Å²) in [4.78, 5) is 12.2. The van der Waals surface area contributed by atoms with Gasteiger partial charge in [0.05, 0.1) is 6.20 Å². The largest absolute Gasteiger partial charge is 0.316 e. The van der Waals surface area contributed by atoms with E-state index in [1.807, 2.05) is 18.5 Å². The van der Waals surface area contributed by atoms with Gasteiger partial charge >= 0.3 is 0 Å². The van der Waals surface area contributed by atoms with Gasteiger partial charge in [-0.25, -0.2) is 15.0 Å². The lowest BCUT2D eigenvalue weighted by Crippen LogP contribution is -1.91. The minimum Gasteiger partial charge on any atom is -0.316 e. The van der Waals surface area contributed by atoms with Crippen LogP contribution < -0.4 is 0 Å². The molecule has 4 heteroatoms. The van der Waals surface area contributed by atoms with E-state index in [2.05, 4.69) is 15.0 Å². The van der Waals surface area contributed by atoms with Crippen molar-refractivity contribution in [3.05, 3.63) is 18.3 Å². The van der Waals surface area contributed by atoms with Crippen molar-refractivity contribution in [2.24, 2.45) is 7.05 Å². The van der Waals surface area contributed by atoms with Crippen LogP contribution in [0.5, 0.6) is 0 Å².